The number of aliphatic hydroxyl groups excluding tert-OH is 18. The van der Waals surface area contributed by atoms with E-state index in [0.717, 1.165) is 0 Å². The highest BCUT2D eigenvalue weighted by molar-refractivity contribution is 5.01. The molecular weight excluding hydrogens is 912 g/mol. The molecule has 30 atom stereocenters. The Hall–Kier alpha value is -1.20. The lowest BCUT2D eigenvalue weighted by atomic mass is 9.94. The largest absolute Gasteiger partial charge is 0.394 e. The molecule has 30 heteroatoms. The van der Waals surface area contributed by atoms with Crippen molar-refractivity contribution in [2.75, 3.05) is 39.6 Å². The summed E-state index contributed by atoms with van der Waals surface area (Å²) in [7, 11) is 0. The molecule has 22 saturated heterocycles. The number of ether oxygens (including phenoxy) is 12. The molecule has 384 valence electrons. The summed E-state index contributed by atoms with van der Waals surface area (Å²) in [5.74, 6) is 0. The summed E-state index contributed by atoms with van der Waals surface area (Å²) in [6, 6.07) is 0. The van der Waals surface area contributed by atoms with Crippen LogP contribution in [0.4, 0.5) is 0 Å². The van der Waals surface area contributed by atoms with E-state index in [1.807, 2.05) is 0 Å². The quantitative estimate of drug-likeness (QED) is 0.117. The van der Waals surface area contributed by atoms with E-state index in [-0.39, 0.29) is 0 Å². The van der Waals surface area contributed by atoms with Crippen molar-refractivity contribution in [3.63, 3.8) is 0 Å². The van der Waals surface area contributed by atoms with Gasteiger partial charge in [-0.2, -0.15) is 0 Å². The van der Waals surface area contributed by atoms with Crippen LogP contribution in [0.5, 0.6) is 0 Å². The van der Waals surface area contributed by atoms with Crippen molar-refractivity contribution in [1.29, 1.82) is 0 Å². The van der Waals surface area contributed by atoms with Gasteiger partial charge in [-0.25, -0.2) is 0 Å². The van der Waals surface area contributed by atoms with Gasteiger partial charge in [0.05, 0.1) is 39.6 Å². The van der Waals surface area contributed by atoms with Crippen molar-refractivity contribution in [2.24, 2.45) is 0 Å². The number of hydrogen-bond acceptors (Lipinski definition) is 30. The Balaban J connectivity index is 1.19. The highest BCUT2D eigenvalue weighted by Crippen LogP contribution is 2.38. The molecule has 22 fully saturated rings. The molecule has 0 aliphatic carbocycles. The third-order valence-electron chi connectivity index (χ3n) is 12.7. The molecule has 30 nitrogen and oxygen atoms in total. The van der Waals surface area contributed by atoms with Gasteiger partial charge in [0.15, 0.2) is 37.7 Å². The van der Waals surface area contributed by atoms with Crippen molar-refractivity contribution < 1.29 is 149 Å². The molecule has 22 aliphatic heterocycles. The molecule has 0 amide bonds. The molecule has 22 heterocycles. The van der Waals surface area contributed by atoms with Crippen LogP contribution in [-0.4, -0.2) is 316 Å². The Morgan fingerprint density at radius 3 is 0.409 bits per heavy atom. The maximum absolute atomic E-state index is 11.2. The monoisotopic (exact) mass is 972 g/mol. The molecule has 22 aliphatic rings. The summed E-state index contributed by atoms with van der Waals surface area (Å²) in [5.41, 5.74) is 0. The SMILES string of the molecule is OC[C@H]1O[C@@H]2O[C@H]3[C@@H](O)[C@@H](O)[C@@H](O[C@H]4[C@@H](O)[C@@H](O)[C@H](O[C@@H]4CO)O[C@H]4C(O)[C@@H](O)[C@H](O[C@@H]4CO)O[C@H]4C(O)[C@@H](O)[C@H](O[C@@H]4CO)O[C@H]4C(O)[C@@H](O)[C@@H](O[C@H]1[C@H](O)[C@H]2O)O[C@@H]4CO)O[C@@H]3CO. The Labute approximate surface area is 372 Å². The normalized spacial score (nSPS) is 55.4. The van der Waals surface area contributed by atoms with Gasteiger partial charge in [0.25, 0.3) is 0 Å². The highest BCUT2D eigenvalue weighted by atomic mass is 16.8. The van der Waals surface area contributed by atoms with E-state index in [9.17, 15) is 91.9 Å². The fourth-order valence-electron chi connectivity index (χ4n) is 8.93. The second-order valence-electron chi connectivity index (χ2n) is 16.8. The van der Waals surface area contributed by atoms with Crippen LogP contribution in [0.1, 0.15) is 0 Å². The van der Waals surface area contributed by atoms with Crippen LogP contribution in [0.15, 0.2) is 0 Å². The van der Waals surface area contributed by atoms with E-state index in [2.05, 4.69) is 0 Å². The van der Waals surface area contributed by atoms with Crippen molar-refractivity contribution in [3.05, 3.63) is 0 Å². The van der Waals surface area contributed by atoms with E-state index < -0.39 is 224 Å². The maximum Gasteiger partial charge on any atom is 0.187 e. The predicted molar refractivity (Wildman–Crippen MR) is 196 cm³/mol. The fourth-order valence-corrected chi connectivity index (χ4v) is 8.93. The van der Waals surface area contributed by atoms with Gasteiger partial charge in [0, 0.05) is 0 Å². The lowest BCUT2D eigenvalue weighted by Crippen LogP contribution is -2.69. The third-order valence-corrected chi connectivity index (χ3v) is 12.7. The zero-order valence-corrected chi connectivity index (χ0v) is 34.5. The van der Waals surface area contributed by atoms with Crippen LogP contribution in [0.2, 0.25) is 0 Å². The number of hydrogen-bond donors (Lipinski definition) is 18. The maximum atomic E-state index is 11.2. The van der Waals surface area contributed by atoms with E-state index in [1.165, 1.54) is 0 Å². The van der Waals surface area contributed by atoms with E-state index >= 15 is 0 Å². The lowest BCUT2D eigenvalue weighted by molar-refractivity contribution is -0.404. The van der Waals surface area contributed by atoms with Crippen LogP contribution in [0, 0.1) is 0 Å². The van der Waals surface area contributed by atoms with Gasteiger partial charge in [-0.1, -0.05) is 0 Å². The van der Waals surface area contributed by atoms with E-state index in [1.54, 1.807) is 0 Å². The first-order chi connectivity index (χ1) is 31.4. The number of aliphatic hydroxyl groups is 18. The topological polar surface area (TPSA) is 475 Å². The Morgan fingerprint density at radius 1 is 0.182 bits per heavy atom. The van der Waals surface area contributed by atoms with Gasteiger partial charge in [0.1, 0.15) is 146 Å². The zero-order valence-electron chi connectivity index (χ0n) is 34.5. The Morgan fingerprint density at radius 2 is 0.303 bits per heavy atom. The molecule has 66 heavy (non-hydrogen) atoms. The summed E-state index contributed by atoms with van der Waals surface area (Å²) in [6.07, 6.45) is -58.5. The third kappa shape index (κ3) is 10.0. The van der Waals surface area contributed by atoms with Gasteiger partial charge in [-0.15, -0.1) is 0 Å². The van der Waals surface area contributed by atoms with Gasteiger partial charge in [-0.3, -0.25) is 0 Å². The minimum Gasteiger partial charge on any atom is -0.394 e. The zero-order chi connectivity index (χ0) is 48.0. The number of rotatable bonds is 6. The highest BCUT2D eigenvalue weighted by Gasteiger charge is 2.58. The second-order valence-corrected chi connectivity index (χ2v) is 16.8. The fraction of sp³-hybridized carbons (Fsp3) is 1.00. The average Bonchev–Trinajstić information content (AvgIpc) is 3.31. The van der Waals surface area contributed by atoms with Crippen LogP contribution < -0.4 is 0 Å². The first kappa shape index (κ1) is 52.6. The molecule has 0 saturated carbocycles. The average molecular weight is 973 g/mol. The van der Waals surface area contributed by atoms with Crippen molar-refractivity contribution >= 4 is 0 Å². The summed E-state index contributed by atoms with van der Waals surface area (Å²) < 4.78 is 67.9. The van der Waals surface area contributed by atoms with Gasteiger partial charge in [-0.05, 0) is 0 Å². The first-order valence-electron chi connectivity index (χ1n) is 21.1. The van der Waals surface area contributed by atoms with Gasteiger partial charge >= 0.3 is 0 Å². The smallest absolute Gasteiger partial charge is 0.187 e. The molecule has 0 spiro atoms. The molecule has 0 aromatic rings. The Bertz CT molecular complexity index is 1230. The summed E-state index contributed by atoms with van der Waals surface area (Å²) >= 11 is 0. The molecule has 0 aromatic carbocycles. The molecule has 3 unspecified atom stereocenters. The van der Waals surface area contributed by atoms with Crippen molar-refractivity contribution in [3.8, 4) is 0 Å². The van der Waals surface area contributed by atoms with E-state index in [0.29, 0.717) is 0 Å². The molecule has 0 radical (unpaired) electrons. The second kappa shape index (κ2) is 22.1. The molecule has 22 rings (SSSR count). The van der Waals surface area contributed by atoms with Crippen LogP contribution in [-0.2, 0) is 56.8 Å². The molecule has 12 bridgehead atoms. The minimum absolute atomic E-state index is 0.999. The minimum atomic E-state index is -2.15. The van der Waals surface area contributed by atoms with Gasteiger partial charge < -0.3 is 149 Å². The van der Waals surface area contributed by atoms with E-state index in [4.69, 9.17) is 56.8 Å². The Kier molecular flexibility index (Phi) is 17.6. The lowest BCUT2D eigenvalue weighted by Gasteiger charge is -2.50. The van der Waals surface area contributed by atoms with Crippen molar-refractivity contribution in [2.45, 2.75) is 184 Å². The molecule has 0 aromatic heterocycles. The first-order valence-corrected chi connectivity index (χ1v) is 21.1. The van der Waals surface area contributed by atoms with Crippen LogP contribution >= 0.6 is 0 Å². The summed E-state index contributed by atoms with van der Waals surface area (Å²) in [5, 5.41) is 196. The van der Waals surface area contributed by atoms with Gasteiger partial charge in [0.2, 0.25) is 0 Å². The summed E-state index contributed by atoms with van der Waals surface area (Å²) in [6.45, 7) is -5.99. The molecule has 18 N–H and O–H groups in total. The summed E-state index contributed by atoms with van der Waals surface area (Å²) in [4.78, 5) is 0. The van der Waals surface area contributed by atoms with Crippen LogP contribution in [0.25, 0.3) is 0 Å². The van der Waals surface area contributed by atoms with Crippen LogP contribution in [0.3, 0.4) is 0 Å². The van der Waals surface area contributed by atoms with Crippen molar-refractivity contribution in [1.82, 2.24) is 0 Å². The predicted octanol–water partition coefficient (Wildman–Crippen LogP) is -13.1. The molecular formula is C36H60O30. The standard InChI is InChI=1S/C36H60O30/c37-1-7-25-13(43)19(49)31(55-7)62-26-8(2-38)57-33(21(51)15(26)45)64-28-10(4-40)59-35(23(53)17(28)47)66-30-12(6-42)60-36(24(54)18(30)48)65-29-11(5-41)58-34(22(52)16(29)46)63-27-9(3-39)56-32(61-25)20(50)14(27)44/h7-54H,1-6H2/t7-,8-,9-,10-,11-,12-,13-,14?,15+,16?,17+,18?,19-,20-,21-,22-,23-,24-,25-,26-,27-,28-,29-,30-,31-,32-,33-,34-,35-,36-/m1/s1.